The number of halogens is 1. The highest BCUT2D eigenvalue weighted by molar-refractivity contribution is 5.73. The fraction of sp³-hybridized carbons (Fsp3) is 0.588. The molecule has 1 fully saturated rings. The maximum atomic E-state index is 13.5. The normalized spacial score (nSPS) is 15.7. The van der Waals surface area contributed by atoms with Crippen LogP contribution < -0.4 is 5.32 Å². The summed E-state index contributed by atoms with van der Waals surface area (Å²) in [6, 6.07) is 6.64. The third-order valence-electron chi connectivity index (χ3n) is 4.23. The molecule has 0 bridgehead atoms. The molecule has 2 rings (SSSR count). The lowest BCUT2D eigenvalue weighted by Gasteiger charge is -2.27. The van der Waals surface area contributed by atoms with E-state index in [0.29, 0.717) is 24.4 Å². The summed E-state index contributed by atoms with van der Waals surface area (Å²) in [7, 11) is 1.84. The van der Waals surface area contributed by atoms with Gasteiger partial charge in [0.2, 0.25) is 0 Å². The fourth-order valence-electron chi connectivity index (χ4n) is 2.98. The molecule has 1 aliphatic rings. The van der Waals surface area contributed by atoms with Gasteiger partial charge in [0.15, 0.2) is 0 Å². The van der Waals surface area contributed by atoms with Crippen molar-refractivity contribution in [3.63, 3.8) is 0 Å². The van der Waals surface area contributed by atoms with Gasteiger partial charge < -0.3 is 10.2 Å². The first-order chi connectivity index (χ1) is 10.2. The van der Waals surface area contributed by atoms with Crippen molar-refractivity contribution in [2.24, 2.45) is 5.92 Å². The molecule has 1 saturated carbocycles. The molecule has 0 unspecified atom stereocenters. The van der Waals surface area contributed by atoms with E-state index in [4.69, 9.17) is 0 Å². The standard InChI is InChI=1S/C17H25FN2O/c1-20(13-14-7-3-2-4-8-14)17(21)19-12-11-15-9-5-6-10-16(15)18/h5-6,9-10,14H,2-4,7-8,11-13H2,1H3,(H,19,21). The van der Waals surface area contributed by atoms with Crippen molar-refractivity contribution in [1.82, 2.24) is 10.2 Å². The van der Waals surface area contributed by atoms with Crippen LogP contribution in [0, 0.1) is 11.7 Å². The molecule has 0 aliphatic heterocycles. The summed E-state index contributed by atoms with van der Waals surface area (Å²) >= 11 is 0. The number of carbonyl (C=O) groups is 1. The minimum absolute atomic E-state index is 0.0584. The van der Waals surface area contributed by atoms with Gasteiger partial charge in [0.05, 0.1) is 0 Å². The topological polar surface area (TPSA) is 32.3 Å². The Bertz CT molecular complexity index is 458. The van der Waals surface area contributed by atoms with Crippen molar-refractivity contribution in [2.45, 2.75) is 38.5 Å². The first-order valence-electron chi connectivity index (χ1n) is 7.89. The molecule has 0 saturated heterocycles. The van der Waals surface area contributed by atoms with Crippen LogP contribution in [0.15, 0.2) is 24.3 Å². The highest BCUT2D eigenvalue weighted by Gasteiger charge is 2.17. The van der Waals surface area contributed by atoms with Crippen LogP contribution in [0.1, 0.15) is 37.7 Å². The lowest BCUT2D eigenvalue weighted by molar-refractivity contribution is 0.192. The zero-order valence-corrected chi connectivity index (χ0v) is 12.8. The molecule has 0 radical (unpaired) electrons. The van der Waals surface area contributed by atoms with Gasteiger partial charge in [-0.3, -0.25) is 0 Å². The fourth-order valence-corrected chi connectivity index (χ4v) is 2.98. The minimum Gasteiger partial charge on any atom is -0.338 e. The number of rotatable bonds is 5. The average Bonchev–Trinajstić information content (AvgIpc) is 2.50. The molecule has 1 aliphatic carbocycles. The van der Waals surface area contributed by atoms with Gasteiger partial charge in [-0.25, -0.2) is 9.18 Å². The molecular formula is C17H25FN2O. The smallest absolute Gasteiger partial charge is 0.317 e. The first kappa shape index (κ1) is 15.8. The van der Waals surface area contributed by atoms with E-state index >= 15 is 0 Å². The highest BCUT2D eigenvalue weighted by Crippen LogP contribution is 2.24. The Morgan fingerprint density at radius 3 is 2.71 bits per heavy atom. The van der Waals surface area contributed by atoms with Crippen molar-refractivity contribution in [3.8, 4) is 0 Å². The Kier molecular flexibility index (Phi) is 6.03. The summed E-state index contributed by atoms with van der Waals surface area (Å²) < 4.78 is 13.5. The van der Waals surface area contributed by atoms with Gasteiger partial charge in [-0.05, 0) is 36.8 Å². The average molecular weight is 292 g/mol. The van der Waals surface area contributed by atoms with Crippen LogP contribution in [0.3, 0.4) is 0 Å². The molecule has 3 nitrogen and oxygen atoms in total. The SMILES string of the molecule is CN(CC1CCCCC1)C(=O)NCCc1ccccc1F. The summed E-state index contributed by atoms with van der Waals surface area (Å²) in [4.78, 5) is 13.8. The molecule has 0 heterocycles. The zero-order chi connectivity index (χ0) is 15.1. The molecule has 0 atom stereocenters. The van der Waals surface area contributed by atoms with E-state index in [1.54, 1.807) is 17.0 Å². The lowest BCUT2D eigenvalue weighted by atomic mass is 9.89. The van der Waals surface area contributed by atoms with Crippen molar-refractivity contribution < 1.29 is 9.18 Å². The minimum atomic E-state index is -0.206. The van der Waals surface area contributed by atoms with E-state index in [9.17, 15) is 9.18 Å². The Balaban J connectivity index is 1.70. The lowest BCUT2D eigenvalue weighted by Crippen LogP contribution is -2.41. The highest BCUT2D eigenvalue weighted by atomic mass is 19.1. The van der Waals surface area contributed by atoms with Crippen LogP contribution in [-0.2, 0) is 6.42 Å². The van der Waals surface area contributed by atoms with Crippen molar-refractivity contribution in [2.75, 3.05) is 20.1 Å². The van der Waals surface area contributed by atoms with Crippen molar-refractivity contribution >= 4 is 6.03 Å². The number of nitrogens with zero attached hydrogens (tertiary/aromatic N) is 1. The number of carbonyl (C=O) groups excluding carboxylic acids is 1. The van der Waals surface area contributed by atoms with Crippen LogP contribution in [0.25, 0.3) is 0 Å². The summed E-state index contributed by atoms with van der Waals surface area (Å²) in [6.07, 6.45) is 6.88. The molecular weight excluding hydrogens is 267 g/mol. The van der Waals surface area contributed by atoms with Gasteiger partial charge in [-0.15, -0.1) is 0 Å². The van der Waals surface area contributed by atoms with E-state index in [1.165, 1.54) is 38.2 Å². The second-order valence-corrected chi connectivity index (χ2v) is 5.96. The van der Waals surface area contributed by atoms with E-state index in [2.05, 4.69) is 5.32 Å². The Morgan fingerprint density at radius 1 is 1.29 bits per heavy atom. The summed E-state index contributed by atoms with van der Waals surface area (Å²) in [6.45, 7) is 1.29. The number of hydrogen-bond donors (Lipinski definition) is 1. The van der Waals surface area contributed by atoms with Gasteiger partial charge in [-0.2, -0.15) is 0 Å². The Hall–Kier alpha value is -1.58. The molecule has 2 amide bonds. The summed E-state index contributed by atoms with van der Waals surface area (Å²) in [5, 5.41) is 2.87. The summed E-state index contributed by atoms with van der Waals surface area (Å²) in [5.74, 6) is 0.434. The monoisotopic (exact) mass is 292 g/mol. The van der Waals surface area contributed by atoms with Gasteiger partial charge in [-0.1, -0.05) is 37.5 Å². The van der Waals surface area contributed by atoms with Crippen LogP contribution >= 0.6 is 0 Å². The number of hydrogen-bond acceptors (Lipinski definition) is 1. The predicted octanol–water partition coefficient (Wildman–Crippen LogP) is 3.59. The maximum Gasteiger partial charge on any atom is 0.317 e. The second-order valence-electron chi connectivity index (χ2n) is 5.96. The number of nitrogens with one attached hydrogen (secondary N) is 1. The van der Waals surface area contributed by atoms with E-state index in [0.717, 1.165) is 6.54 Å². The van der Waals surface area contributed by atoms with Gasteiger partial charge in [0.25, 0.3) is 0 Å². The van der Waals surface area contributed by atoms with Gasteiger partial charge in [0.1, 0.15) is 5.82 Å². The molecule has 0 spiro atoms. The quantitative estimate of drug-likeness (QED) is 0.883. The Labute approximate surface area is 126 Å². The van der Waals surface area contributed by atoms with Gasteiger partial charge in [0, 0.05) is 20.1 Å². The van der Waals surface area contributed by atoms with Crippen molar-refractivity contribution in [1.29, 1.82) is 0 Å². The van der Waals surface area contributed by atoms with E-state index in [-0.39, 0.29) is 11.8 Å². The molecule has 4 heteroatoms. The third kappa shape index (κ3) is 5.03. The molecule has 1 aromatic carbocycles. The number of amides is 2. The molecule has 0 aromatic heterocycles. The van der Waals surface area contributed by atoms with E-state index in [1.807, 2.05) is 13.1 Å². The van der Waals surface area contributed by atoms with Gasteiger partial charge >= 0.3 is 6.03 Å². The second kappa shape index (κ2) is 8.01. The Morgan fingerprint density at radius 2 is 2.00 bits per heavy atom. The number of urea groups is 1. The maximum absolute atomic E-state index is 13.5. The third-order valence-corrected chi connectivity index (χ3v) is 4.23. The van der Waals surface area contributed by atoms with E-state index < -0.39 is 0 Å². The molecule has 1 aromatic rings. The van der Waals surface area contributed by atoms with Crippen LogP contribution in [-0.4, -0.2) is 31.1 Å². The van der Waals surface area contributed by atoms with Crippen LogP contribution in [0.5, 0.6) is 0 Å². The molecule has 1 N–H and O–H groups in total. The molecule has 116 valence electrons. The largest absolute Gasteiger partial charge is 0.338 e. The first-order valence-corrected chi connectivity index (χ1v) is 7.89. The number of benzene rings is 1. The molecule has 21 heavy (non-hydrogen) atoms. The van der Waals surface area contributed by atoms with Crippen LogP contribution in [0.2, 0.25) is 0 Å². The zero-order valence-electron chi connectivity index (χ0n) is 12.8. The van der Waals surface area contributed by atoms with Crippen molar-refractivity contribution in [3.05, 3.63) is 35.6 Å². The van der Waals surface area contributed by atoms with Crippen LogP contribution in [0.4, 0.5) is 9.18 Å². The predicted molar refractivity (Wildman–Crippen MR) is 82.7 cm³/mol. The summed E-state index contributed by atoms with van der Waals surface area (Å²) in [5.41, 5.74) is 0.646.